The van der Waals surface area contributed by atoms with Gasteiger partial charge >= 0.3 is 0 Å². The van der Waals surface area contributed by atoms with Gasteiger partial charge in [-0.3, -0.25) is 0 Å². The summed E-state index contributed by atoms with van der Waals surface area (Å²) in [4.78, 5) is 8.97. The Morgan fingerprint density at radius 1 is 1.19 bits per heavy atom. The molecule has 2 aromatic heterocycles. The van der Waals surface area contributed by atoms with Crippen molar-refractivity contribution < 1.29 is 13.9 Å². The number of oxazole rings is 1. The van der Waals surface area contributed by atoms with Crippen LogP contribution in [0.1, 0.15) is 63.5 Å². The molecule has 2 saturated carbocycles. The van der Waals surface area contributed by atoms with E-state index in [-0.39, 0.29) is 23.3 Å². The zero-order valence-electron chi connectivity index (χ0n) is 21.1. The summed E-state index contributed by atoms with van der Waals surface area (Å²) < 4.78 is 23.1. The van der Waals surface area contributed by atoms with Gasteiger partial charge < -0.3 is 19.4 Å². The number of halogens is 1. The van der Waals surface area contributed by atoms with Gasteiger partial charge in [-0.25, -0.2) is 9.37 Å². The van der Waals surface area contributed by atoms with Gasteiger partial charge in [0.2, 0.25) is 0 Å². The zero-order valence-corrected chi connectivity index (χ0v) is 21.1. The summed E-state index contributed by atoms with van der Waals surface area (Å²) in [5.41, 5.74) is 3.98. The summed E-state index contributed by atoms with van der Waals surface area (Å²) in [6.07, 6.45) is 9.82. The van der Waals surface area contributed by atoms with Crippen molar-refractivity contribution in [3.05, 3.63) is 66.4 Å². The summed E-state index contributed by atoms with van der Waals surface area (Å²) in [5.74, 6) is 0.840. The van der Waals surface area contributed by atoms with Crippen LogP contribution in [0.3, 0.4) is 0 Å². The van der Waals surface area contributed by atoms with E-state index in [9.17, 15) is 5.11 Å². The van der Waals surface area contributed by atoms with Crippen LogP contribution in [-0.4, -0.2) is 31.8 Å². The van der Waals surface area contributed by atoms with Gasteiger partial charge in [0.25, 0.3) is 6.01 Å². The molecule has 4 unspecified atom stereocenters. The third kappa shape index (κ3) is 3.69. The number of imidazole rings is 1. The second-order valence-corrected chi connectivity index (χ2v) is 11.5. The van der Waals surface area contributed by atoms with Crippen LogP contribution >= 0.6 is 0 Å². The summed E-state index contributed by atoms with van der Waals surface area (Å²) in [7, 11) is 0. The lowest BCUT2D eigenvalue weighted by molar-refractivity contribution is -0.0630. The number of hydrogen-bond acceptors (Lipinski definition) is 5. The minimum Gasteiger partial charge on any atom is -0.424 e. The van der Waals surface area contributed by atoms with Crippen LogP contribution in [0.4, 0.5) is 10.4 Å². The molecule has 2 N–H and O–H groups in total. The van der Waals surface area contributed by atoms with Crippen molar-refractivity contribution in [2.75, 3.05) is 5.32 Å². The van der Waals surface area contributed by atoms with E-state index in [1.54, 1.807) is 18.6 Å². The van der Waals surface area contributed by atoms with Gasteiger partial charge in [0.05, 0.1) is 30.4 Å². The topological polar surface area (TPSA) is 76.1 Å². The first kappa shape index (κ1) is 23.0. The van der Waals surface area contributed by atoms with E-state index in [4.69, 9.17) is 4.42 Å². The first-order valence-electron chi connectivity index (χ1n) is 13.7. The van der Waals surface area contributed by atoms with Gasteiger partial charge in [0, 0.05) is 17.2 Å². The van der Waals surface area contributed by atoms with E-state index in [0.29, 0.717) is 29.8 Å². The van der Waals surface area contributed by atoms with E-state index < -0.39 is 6.10 Å². The Hall–Kier alpha value is -3.19. The minimum atomic E-state index is -0.531. The fraction of sp³-hybridized carbons (Fsp3) is 0.467. The molecule has 1 aliphatic heterocycles. The van der Waals surface area contributed by atoms with E-state index in [1.807, 2.05) is 34.9 Å². The second-order valence-electron chi connectivity index (χ2n) is 11.5. The highest BCUT2D eigenvalue weighted by molar-refractivity contribution is 5.74. The monoisotopic (exact) mass is 500 g/mol. The number of benzene rings is 2. The molecule has 7 rings (SSSR count). The smallest absolute Gasteiger partial charge is 0.295 e. The van der Waals surface area contributed by atoms with Crippen LogP contribution in [0.5, 0.6) is 0 Å². The molecule has 0 amide bonds. The average molecular weight is 501 g/mol. The van der Waals surface area contributed by atoms with Crippen molar-refractivity contribution in [1.29, 1.82) is 0 Å². The molecule has 0 radical (unpaired) electrons. The van der Waals surface area contributed by atoms with E-state index in [2.05, 4.69) is 22.2 Å². The fourth-order valence-electron chi connectivity index (χ4n) is 7.72. The molecule has 6 nitrogen and oxygen atoms in total. The number of aliphatic hydroxyl groups is 1. The number of nitrogens with zero attached hydrogens (tertiary/aromatic N) is 3. The van der Waals surface area contributed by atoms with Crippen LogP contribution in [0.2, 0.25) is 0 Å². The molecule has 3 heterocycles. The highest BCUT2D eigenvalue weighted by atomic mass is 19.1. The first-order valence-corrected chi connectivity index (χ1v) is 13.7. The molecule has 192 valence electrons. The maximum Gasteiger partial charge on any atom is 0.295 e. The number of para-hydroxylation sites is 2. The van der Waals surface area contributed by atoms with Crippen molar-refractivity contribution in [3.63, 3.8) is 0 Å². The zero-order chi connectivity index (χ0) is 25.1. The van der Waals surface area contributed by atoms with Crippen LogP contribution in [0, 0.1) is 23.1 Å². The van der Waals surface area contributed by atoms with Crippen molar-refractivity contribution in [1.82, 2.24) is 14.5 Å². The summed E-state index contributed by atoms with van der Waals surface area (Å²) >= 11 is 0. The summed E-state index contributed by atoms with van der Waals surface area (Å²) in [5, 5.41) is 15.5. The van der Waals surface area contributed by atoms with Crippen molar-refractivity contribution in [2.45, 2.75) is 70.1 Å². The molecule has 2 bridgehead atoms. The van der Waals surface area contributed by atoms with Crippen LogP contribution < -0.4 is 5.32 Å². The SMILES string of the molecule is CCC1([C@H](O)C[C@@H]2c3c(F)cccc3-c3cncn32)CC2CCC(Nc3nc4ccccc4o3)C(C2)C1. The van der Waals surface area contributed by atoms with Crippen molar-refractivity contribution in [2.24, 2.45) is 17.3 Å². The van der Waals surface area contributed by atoms with E-state index in [0.717, 1.165) is 54.5 Å². The van der Waals surface area contributed by atoms with Gasteiger partial charge in [-0.1, -0.05) is 31.2 Å². The van der Waals surface area contributed by atoms with Gasteiger partial charge in [-0.2, -0.15) is 4.98 Å². The highest BCUT2D eigenvalue weighted by Gasteiger charge is 2.49. The molecule has 0 spiro atoms. The van der Waals surface area contributed by atoms with Crippen LogP contribution in [-0.2, 0) is 0 Å². The van der Waals surface area contributed by atoms with Gasteiger partial charge in [0.15, 0.2) is 5.58 Å². The molecule has 2 aromatic carbocycles. The quantitative estimate of drug-likeness (QED) is 0.313. The predicted octanol–water partition coefficient (Wildman–Crippen LogP) is 6.57. The number of nitrogens with one attached hydrogen (secondary N) is 1. The average Bonchev–Trinajstić information content (AvgIpc) is 3.61. The summed E-state index contributed by atoms with van der Waals surface area (Å²) in [6.45, 7) is 2.21. The number of fused-ring (bicyclic) bond motifs is 6. The maximum absolute atomic E-state index is 15.0. The van der Waals surface area contributed by atoms with Gasteiger partial charge in [-0.15, -0.1) is 0 Å². The molecule has 37 heavy (non-hydrogen) atoms. The number of rotatable bonds is 6. The maximum atomic E-state index is 15.0. The van der Waals surface area contributed by atoms with Crippen molar-refractivity contribution >= 4 is 17.1 Å². The number of aromatic nitrogens is 3. The van der Waals surface area contributed by atoms with Gasteiger partial charge in [-0.05, 0) is 80.4 Å². The lowest BCUT2D eigenvalue weighted by Gasteiger charge is -2.52. The lowest BCUT2D eigenvalue weighted by Crippen LogP contribution is -2.49. The largest absolute Gasteiger partial charge is 0.424 e. The number of hydrogen-bond donors (Lipinski definition) is 2. The van der Waals surface area contributed by atoms with Crippen LogP contribution in [0.15, 0.2) is 59.4 Å². The predicted molar refractivity (Wildman–Crippen MR) is 141 cm³/mol. The Morgan fingerprint density at radius 2 is 2.08 bits per heavy atom. The minimum absolute atomic E-state index is 0.190. The first-order chi connectivity index (χ1) is 18.0. The normalized spacial score (nSPS) is 29.2. The third-order valence-corrected chi connectivity index (χ3v) is 9.58. The second kappa shape index (κ2) is 8.69. The Balaban J connectivity index is 1.14. The lowest BCUT2D eigenvalue weighted by atomic mass is 9.56. The van der Waals surface area contributed by atoms with Crippen molar-refractivity contribution in [3.8, 4) is 11.3 Å². The summed E-state index contributed by atoms with van der Waals surface area (Å²) in [6, 6.07) is 13.7. The highest BCUT2D eigenvalue weighted by Crippen LogP contribution is 2.55. The van der Waals surface area contributed by atoms with E-state index >= 15 is 4.39 Å². The Bertz CT molecular complexity index is 1410. The molecule has 2 aliphatic carbocycles. The molecule has 2 fully saturated rings. The molecule has 6 atom stereocenters. The van der Waals surface area contributed by atoms with Crippen LogP contribution in [0.25, 0.3) is 22.4 Å². The molecule has 3 aliphatic rings. The number of aliphatic hydroxyl groups excluding tert-OH is 1. The van der Waals surface area contributed by atoms with Gasteiger partial charge in [0.1, 0.15) is 11.3 Å². The standard InChI is InChI=1S/C30H33FN4O2/c1-2-30(27(36)13-24-28-20(6-5-7-21(28)31)25-16-32-17-35(24)25)14-18-10-11-22(19(12-18)15-30)33-29-34-23-8-3-4-9-26(23)37-29/h3-9,16-19,22,24,27,36H,2,10-15H2,1H3,(H,33,34)/t18?,19?,22?,24-,27-,30?/m1/s1. The molecule has 7 heteroatoms. The number of anilines is 1. The molecule has 4 aromatic rings. The van der Waals surface area contributed by atoms with E-state index in [1.165, 1.54) is 12.5 Å². The molecular formula is C30H33FN4O2. The Labute approximate surface area is 215 Å². The molecule has 0 saturated heterocycles. The Kier molecular flexibility index (Phi) is 5.39. The molecular weight excluding hydrogens is 467 g/mol. The Morgan fingerprint density at radius 3 is 2.95 bits per heavy atom. The fourth-order valence-corrected chi connectivity index (χ4v) is 7.72. The third-order valence-electron chi connectivity index (χ3n) is 9.58.